The van der Waals surface area contributed by atoms with Crippen LogP contribution < -0.4 is 10.1 Å². The Bertz CT molecular complexity index is 494. The lowest BCUT2D eigenvalue weighted by molar-refractivity contribution is -0.385. The molecule has 1 unspecified atom stereocenters. The van der Waals surface area contributed by atoms with Crippen LogP contribution in [0.4, 0.5) is 5.69 Å². The van der Waals surface area contributed by atoms with Crippen LogP contribution in [0.1, 0.15) is 20.8 Å². The van der Waals surface area contributed by atoms with Crippen molar-refractivity contribution in [3.8, 4) is 5.75 Å². The molecule has 0 aliphatic carbocycles. The number of nitrogens with zero attached hydrogens (tertiary/aromatic N) is 1. The van der Waals surface area contributed by atoms with Crippen molar-refractivity contribution in [2.24, 2.45) is 0 Å². The molecule has 8 heteroatoms. The highest BCUT2D eigenvalue weighted by Gasteiger charge is 2.17. The fourth-order valence-corrected chi connectivity index (χ4v) is 2.84. The number of hydrogen-bond donors (Lipinski definition) is 2. The molecule has 0 bridgehead atoms. The van der Waals surface area contributed by atoms with Crippen LogP contribution in [0.2, 0.25) is 0 Å². The van der Waals surface area contributed by atoms with Gasteiger partial charge in [0, 0.05) is 24.2 Å². The Labute approximate surface area is 140 Å². The fourth-order valence-electron chi connectivity index (χ4n) is 1.45. The number of nitrogens with one attached hydrogen (secondary N) is 1. The van der Waals surface area contributed by atoms with Crippen LogP contribution in [0.25, 0.3) is 0 Å². The molecule has 1 aromatic carbocycles. The highest BCUT2D eigenvalue weighted by atomic mass is 79.9. The number of non-ortho nitro benzene ring substituents is 1. The number of benzene rings is 1. The Kier molecular flexibility index (Phi) is 6.58. The zero-order valence-corrected chi connectivity index (χ0v) is 15.2. The summed E-state index contributed by atoms with van der Waals surface area (Å²) in [6.07, 6.45) is -0.682. The van der Waals surface area contributed by atoms with Gasteiger partial charge in [0.25, 0.3) is 5.69 Å². The van der Waals surface area contributed by atoms with Gasteiger partial charge < -0.3 is 15.2 Å². The molecule has 0 spiro atoms. The lowest BCUT2D eigenvalue weighted by atomic mass is 10.1. The molecule has 0 aliphatic heterocycles. The van der Waals surface area contributed by atoms with Gasteiger partial charge in [-0.3, -0.25) is 10.1 Å². The molecule has 0 aliphatic rings. The first kappa shape index (κ1) is 18.3. The number of ether oxygens (including phenoxy) is 1. The minimum absolute atomic E-state index is 0.0453. The normalized spacial score (nSPS) is 13.0. The van der Waals surface area contributed by atoms with Crippen molar-refractivity contribution in [2.45, 2.75) is 32.4 Å². The van der Waals surface area contributed by atoms with E-state index < -0.39 is 11.0 Å². The first-order valence-corrected chi connectivity index (χ1v) is 7.88. The fraction of sp³-hybridized carbons (Fsp3) is 0.538. The maximum absolute atomic E-state index is 10.7. The van der Waals surface area contributed by atoms with Crippen molar-refractivity contribution in [3.63, 3.8) is 0 Å². The van der Waals surface area contributed by atoms with E-state index in [2.05, 4.69) is 37.2 Å². The Morgan fingerprint density at radius 2 is 1.90 bits per heavy atom. The van der Waals surface area contributed by atoms with Gasteiger partial charge in [-0.1, -0.05) is 0 Å². The van der Waals surface area contributed by atoms with E-state index in [9.17, 15) is 15.2 Å². The van der Waals surface area contributed by atoms with Crippen LogP contribution >= 0.6 is 31.9 Å². The van der Waals surface area contributed by atoms with Crippen molar-refractivity contribution in [3.05, 3.63) is 31.2 Å². The van der Waals surface area contributed by atoms with E-state index in [1.165, 1.54) is 12.1 Å². The monoisotopic (exact) mass is 424 g/mol. The van der Waals surface area contributed by atoms with E-state index in [0.717, 1.165) is 0 Å². The molecule has 1 atom stereocenters. The lowest BCUT2D eigenvalue weighted by Crippen LogP contribution is -2.42. The third-order valence-corrected chi connectivity index (χ3v) is 3.66. The summed E-state index contributed by atoms with van der Waals surface area (Å²) in [5.41, 5.74) is -0.133. The predicted molar refractivity (Wildman–Crippen MR) is 87.8 cm³/mol. The number of halogens is 2. The number of aliphatic hydroxyl groups is 1. The molecule has 1 aromatic rings. The van der Waals surface area contributed by atoms with Crippen molar-refractivity contribution in [2.75, 3.05) is 13.2 Å². The average Bonchev–Trinajstić information content (AvgIpc) is 2.34. The summed E-state index contributed by atoms with van der Waals surface area (Å²) >= 11 is 6.46. The molecule has 21 heavy (non-hydrogen) atoms. The zero-order chi connectivity index (χ0) is 16.2. The summed E-state index contributed by atoms with van der Waals surface area (Å²) in [6, 6.07) is 2.72. The van der Waals surface area contributed by atoms with Gasteiger partial charge in [-0.25, -0.2) is 0 Å². The third-order valence-electron chi connectivity index (χ3n) is 2.48. The Morgan fingerprint density at radius 1 is 1.38 bits per heavy atom. The lowest BCUT2D eigenvalue weighted by Gasteiger charge is -2.23. The minimum atomic E-state index is -0.682. The van der Waals surface area contributed by atoms with Crippen molar-refractivity contribution >= 4 is 37.5 Å². The van der Waals surface area contributed by atoms with Crippen LogP contribution in [0.5, 0.6) is 5.75 Å². The Balaban J connectivity index is 2.65. The van der Waals surface area contributed by atoms with Crippen molar-refractivity contribution in [1.82, 2.24) is 5.32 Å². The summed E-state index contributed by atoms with van der Waals surface area (Å²) in [6.45, 7) is 6.49. The maximum Gasteiger partial charge on any atom is 0.271 e. The molecule has 0 heterocycles. The van der Waals surface area contributed by atoms with Gasteiger partial charge in [0.1, 0.15) is 18.5 Å². The summed E-state index contributed by atoms with van der Waals surface area (Å²) in [4.78, 5) is 10.3. The number of nitro benzene ring substituents is 1. The van der Waals surface area contributed by atoms with Crippen LogP contribution in [-0.2, 0) is 0 Å². The molecule has 0 saturated carbocycles. The van der Waals surface area contributed by atoms with E-state index in [1.54, 1.807) is 0 Å². The van der Waals surface area contributed by atoms with Crippen molar-refractivity contribution < 1.29 is 14.8 Å². The molecule has 6 nitrogen and oxygen atoms in total. The van der Waals surface area contributed by atoms with Crippen LogP contribution in [0, 0.1) is 10.1 Å². The molecule has 2 N–H and O–H groups in total. The number of nitro groups is 1. The molecule has 0 fully saturated rings. The van der Waals surface area contributed by atoms with Crippen LogP contribution in [-0.4, -0.2) is 34.8 Å². The van der Waals surface area contributed by atoms with Crippen LogP contribution in [0.15, 0.2) is 21.1 Å². The van der Waals surface area contributed by atoms with Gasteiger partial charge in [0.05, 0.1) is 13.9 Å². The van der Waals surface area contributed by atoms with E-state index in [-0.39, 0.29) is 17.8 Å². The maximum atomic E-state index is 10.7. The van der Waals surface area contributed by atoms with E-state index in [1.807, 2.05) is 20.8 Å². The smallest absolute Gasteiger partial charge is 0.271 e. The van der Waals surface area contributed by atoms with Gasteiger partial charge in [-0.15, -0.1) is 0 Å². The first-order valence-electron chi connectivity index (χ1n) is 6.29. The molecular formula is C13H18Br2N2O4. The summed E-state index contributed by atoms with van der Waals surface area (Å²) in [5.74, 6) is 0.426. The predicted octanol–water partition coefficient (Wildman–Crippen LogP) is 3.25. The summed E-state index contributed by atoms with van der Waals surface area (Å²) in [7, 11) is 0. The van der Waals surface area contributed by atoms with Gasteiger partial charge in [0.2, 0.25) is 0 Å². The highest BCUT2D eigenvalue weighted by Crippen LogP contribution is 2.37. The Hall–Kier alpha value is -0.700. The molecule has 118 valence electrons. The summed E-state index contributed by atoms with van der Waals surface area (Å²) < 4.78 is 6.44. The van der Waals surface area contributed by atoms with Crippen molar-refractivity contribution in [1.29, 1.82) is 0 Å². The van der Waals surface area contributed by atoms with Gasteiger partial charge in [0.15, 0.2) is 0 Å². The van der Waals surface area contributed by atoms with Gasteiger partial charge >= 0.3 is 0 Å². The molecule has 0 radical (unpaired) electrons. The molecule has 0 saturated heterocycles. The van der Waals surface area contributed by atoms with Crippen LogP contribution in [0.3, 0.4) is 0 Å². The molecular weight excluding hydrogens is 408 g/mol. The van der Waals surface area contributed by atoms with E-state index >= 15 is 0 Å². The number of aliphatic hydroxyl groups excluding tert-OH is 1. The second-order valence-electron chi connectivity index (χ2n) is 5.59. The largest absolute Gasteiger partial charge is 0.488 e. The topological polar surface area (TPSA) is 84.6 Å². The first-order chi connectivity index (χ1) is 9.60. The Morgan fingerprint density at radius 3 is 2.33 bits per heavy atom. The zero-order valence-electron chi connectivity index (χ0n) is 12.0. The second-order valence-corrected chi connectivity index (χ2v) is 7.30. The summed E-state index contributed by atoms with van der Waals surface area (Å²) in [5, 5.41) is 23.8. The SMILES string of the molecule is CC(C)(C)NCC(O)COc1c(Br)cc([N+](=O)[O-])cc1Br. The van der Waals surface area contributed by atoms with Gasteiger partial charge in [-0.2, -0.15) is 0 Å². The number of rotatable bonds is 6. The van der Waals surface area contributed by atoms with Gasteiger partial charge in [-0.05, 0) is 52.6 Å². The highest BCUT2D eigenvalue weighted by molar-refractivity contribution is 9.11. The minimum Gasteiger partial charge on any atom is -0.488 e. The molecule has 1 rings (SSSR count). The number of β-amino-alcohol motifs (C(OH)–C–C–N with tert-alkyl or cyclic N) is 1. The standard InChI is InChI=1S/C13H18Br2N2O4/c1-13(2,3)16-6-9(18)7-21-12-10(14)4-8(17(19)20)5-11(12)15/h4-5,9,16,18H,6-7H2,1-3H3. The average molecular weight is 426 g/mol. The van der Waals surface area contributed by atoms with E-state index in [4.69, 9.17) is 4.74 Å². The molecule has 0 aromatic heterocycles. The third kappa shape index (κ3) is 6.29. The quantitative estimate of drug-likeness (QED) is 0.539. The number of hydrogen-bond acceptors (Lipinski definition) is 5. The molecule has 0 amide bonds. The van der Waals surface area contributed by atoms with E-state index in [0.29, 0.717) is 21.2 Å². The second kappa shape index (κ2) is 7.53.